The van der Waals surface area contributed by atoms with Crippen molar-refractivity contribution in [1.82, 2.24) is 14.9 Å². The number of aromatic hydroxyl groups is 1. The number of fused-ring (bicyclic) bond motifs is 1. The molecule has 1 aliphatic rings. The normalized spacial score (nSPS) is 14.1. The number of aromatic amines is 1. The highest BCUT2D eigenvalue weighted by atomic mass is 19.4. The Kier molecular flexibility index (Phi) is 6.03. The lowest BCUT2D eigenvalue weighted by molar-refractivity contribution is -0.137. The number of methoxy groups -OCH3 is 2. The Bertz CT molecular complexity index is 1200. The van der Waals surface area contributed by atoms with E-state index in [0.717, 1.165) is 17.7 Å². The second kappa shape index (κ2) is 8.78. The SMILES string of the molecule is COc1cc(O)cc(OC)c1CN1CCc2nc(-c3ccc(C(F)(F)F)cc3)[nH]c(=O)c2C1. The first kappa shape index (κ1) is 22.7. The zero-order valence-corrected chi connectivity index (χ0v) is 18.0. The Morgan fingerprint density at radius 1 is 1.12 bits per heavy atom. The van der Waals surface area contributed by atoms with E-state index in [4.69, 9.17) is 9.47 Å². The van der Waals surface area contributed by atoms with E-state index in [9.17, 15) is 23.1 Å². The molecule has 0 amide bonds. The second-order valence-electron chi connectivity index (χ2n) is 7.70. The fourth-order valence-corrected chi connectivity index (χ4v) is 3.92. The summed E-state index contributed by atoms with van der Waals surface area (Å²) in [5.41, 5.74) is 1.19. The topological polar surface area (TPSA) is 87.7 Å². The summed E-state index contributed by atoms with van der Waals surface area (Å²) in [6.07, 6.45) is -3.93. The van der Waals surface area contributed by atoms with Gasteiger partial charge < -0.3 is 19.6 Å². The standard InChI is InChI=1S/C23H22F3N3O4/c1-32-19-9-15(30)10-20(33-2)17(19)12-29-8-7-18-16(11-29)22(31)28-21(27-18)13-3-5-14(6-4-13)23(24,25)26/h3-6,9-10,30H,7-8,11-12H2,1-2H3,(H,27,28,31). The van der Waals surface area contributed by atoms with Gasteiger partial charge >= 0.3 is 6.18 Å². The third-order valence-electron chi connectivity index (χ3n) is 5.61. The molecular weight excluding hydrogens is 439 g/mol. The van der Waals surface area contributed by atoms with E-state index in [0.29, 0.717) is 54.4 Å². The van der Waals surface area contributed by atoms with Crippen LogP contribution in [0.1, 0.15) is 22.4 Å². The zero-order valence-electron chi connectivity index (χ0n) is 18.0. The summed E-state index contributed by atoms with van der Waals surface area (Å²) in [4.78, 5) is 22.0. The number of ether oxygens (including phenoxy) is 2. The number of phenols is 1. The van der Waals surface area contributed by atoms with Crippen LogP contribution in [0.5, 0.6) is 17.2 Å². The highest BCUT2D eigenvalue weighted by Gasteiger charge is 2.30. The van der Waals surface area contributed by atoms with Gasteiger partial charge in [0.1, 0.15) is 23.1 Å². The van der Waals surface area contributed by atoms with Gasteiger partial charge in [-0.2, -0.15) is 13.2 Å². The number of aromatic nitrogens is 2. The van der Waals surface area contributed by atoms with Crippen molar-refractivity contribution in [1.29, 1.82) is 0 Å². The van der Waals surface area contributed by atoms with Crippen LogP contribution in [-0.4, -0.2) is 40.7 Å². The molecule has 1 aliphatic heterocycles. The first-order valence-corrected chi connectivity index (χ1v) is 10.2. The van der Waals surface area contributed by atoms with E-state index in [1.54, 1.807) is 0 Å². The van der Waals surface area contributed by atoms with Crippen molar-refractivity contribution in [3.05, 3.63) is 69.1 Å². The van der Waals surface area contributed by atoms with Crippen LogP contribution in [0.25, 0.3) is 11.4 Å². The number of hydrogen-bond acceptors (Lipinski definition) is 6. The molecule has 0 fully saturated rings. The number of hydrogen-bond donors (Lipinski definition) is 2. The number of alkyl halides is 3. The van der Waals surface area contributed by atoms with Crippen molar-refractivity contribution in [2.45, 2.75) is 25.7 Å². The first-order valence-electron chi connectivity index (χ1n) is 10.2. The first-order chi connectivity index (χ1) is 15.7. The van der Waals surface area contributed by atoms with Gasteiger partial charge in [0.15, 0.2) is 0 Å². The van der Waals surface area contributed by atoms with Crippen LogP contribution < -0.4 is 15.0 Å². The van der Waals surface area contributed by atoms with E-state index in [1.165, 1.54) is 38.5 Å². The van der Waals surface area contributed by atoms with E-state index in [2.05, 4.69) is 9.97 Å². The van der Waals surface area contributed by atoms with Gasteiger partial charge in [-0.25, -0.2) is 4.98 Å². The predicted octanol–water partition coefficient (Wildman–Crippen LogP) is 3.74. The zero-order chi connectivity index (χ0) is 23.8. The molecule has 0 saturated carbocycles. The Morgan fingerprint density at radius 2 is 1.76 bits per heavy atom. The maximum Gasteiger partial charge on any atom is 0.416 e. The Morgan fingerprint density at radius 3 is 2.33 bits per heavy atom. The molecular formula is C23H22F3N3O4. The molecule has 2 N–H and O–H groups in total. The summed E-state index contributed by atoms with van der Waals surface area (Å²) < 4.78 is 49.2. The molecule has 0 bridgehead atoms. The molecule has 10 heteroatoms. The fourth-order valence-electron chi connectivity index (χ4n) is 3.92. The monoisotopic (exact) mass is 461 g/mol. The lowest BCUT2D eigenvalue weighted by Crippen LogP contribution is -2.35. The molecule has 1 aromatic heterocycles. The third kappa shape index (κ3) is 4.65. The second-order valence-corrected chi connectivity index (χ2v) is 7.70. The van der Waals surface area contributed by atoms with Crippen molar-refractivity contribution in [3.8, 4) is 28.6 Å². The van der Waals surface area contributed by atoms with Crippen molar-refractivity contribution in [2.75, 3.05) is 20.8 Å². The summed E-state index contributed by atoms with van der Waals surface area (Å²) in [5.74, 6) is 1.21. The quantitative estimate of drug-likeness (QED) is 0.602. The molecule has 0 radical (unpaired) electrons. The molecule has 174 valence electrons. The van der Waals surface area contributed by atoms with Gasteiger partial charge in [0, 0.05) is 43.8 Å². The van der Waals surface area contributed by atoms with Gasteiger partial charge in [-0.05, 0) is 12.1 Å². The van der Waals surface area contributed by atoms with Gasteiger partial charge in [0.2, 0.25) is 0 Å². The largest absolute Gasteiger partial charge is 0.508 e. The van der Waals surface area contributed by atoms with E-state index < -0.39 is 11.7 Å². The fraction of sp³-hybridized carbons (Fsp3) is 0.304. The molecule has 2 aromatic carbocycles. The maximum atomic E-state index is 12.8. The highest BCUT2D eigenvalue weighted by Crippen LogP contribution is 2.35. The minimum Gasteiger partial charge on any atom is -0.508 e. The molecule has 0 spiro atoms. The average Bonchev–Trinajstić information content (AvgIpc) is 2.79. The van der Waals surface area contributed by atoms with Gasteiger partial charge in [0.05, 0.1) is 36.6 Å². The number of halogens is 3. The van der Waals surface area contributed by atoms with E-state index in [1.807, 2.05) is 4.90 Å². The summed E-state index contributed by atoms with van der Waals surface area (Å²) in [6.45, 7) is 1.35. The number of H-pyrrole nitrogens is 1. The van der Waals surface area contributed by atoms with Crippen molar-refractivity contribution in [3.63, 3.8) is 0 Å². The summed E-state index contributed by atoms with van der Waals surface area (Å²) in [7, 11) is 3.00. The van der Waals surface area contributed by atoms with Crippen molar-refractivity contribution < 1.29 is 27.8 Å². The van der Waals surface area contributed by atoms with Gasteiger partial charge in [0.25, 0.3) is 5.56 Å². The number of nitrogens with zero attached hydrogens (tertiary/aromatic N) is 2. The highest BCUT2D eigenvalue weighted by molar-refractivity contribution is 5.56. The molecule has 3 aromatic rings. The summed E-state index contributed by atoms with van der Waals surface area (Å²) in [6, 6.07) is 7.53. The molecule has 4 rings (SSSR count). The van der Waals surface area contributed by atoms with Gasteiger partial charge in [-0.1, -0.05) is 12.1 Å². The number of phenolic OH excluding ortho intramolecular Hbond substituents is 1. The summed E-state index contributed by atoms with van der Waals surface area (Å²) in [5, 5.41) is 9.84. The number of benzene rings is 2. The Labute approximate surface area is 187 Å². The van der Waals surface area contributed by atoms with E-state index in [-0.39, 0.29) is 17.1 Å². The maximum absolute atomic E-state index is 12.8. The molecule has 0 aliphatic carbocycles. The molecule has 0 saturated heterocycles. The van der Waals surface area contributed by atoms with Gasteiger partial charge in [-0.3, -0.25) is 9.69 Å². The molecule has 33 heavy (non-hydrogen) atoms. The number of nitrogens with one attached hydrogen (secondary N) is 1. The number of rotatable bonds is 5. The van der Waals surface area contributed by atoms with Crippen LogP contribution in [0, 0.1) is 0 Å². The van der Waals surface area contributed by atoms with Crippen molar-refractivity contribution in [2.24, 2.45) is 0 Å². The lowest BCUT2D eigenvalue weighted by atomic mass is 10.0. The molecule has 2 heterocycles. The smallest absolute Gasteiger partial charge is 0.416 e. The average molecular weight is 461 g/mol. The van der Waals surface area contributed by atoms with Crippen LogP contribution >= 0.6 is 0 Å². The van der Waals surface area contributed by atoms with Crippen LogP contribution in [-0.2, 0) is 25.7 Å². The molecule has 0 atom stereocenters. The summed E-state index contributed by atoms with van der Waals surface area (Å²) >= 11 is 0. The van der Waals surface area contributed by atoms with E-state index >= 15 is 0 Å². The van der Waals surface area contributed by atoms with Gasteiger partial charge in [-0.15, -0.1) is 0 Å². The van der Waals surface area contributed by atoms with Crippen molar-refractivity contribution >= 4 is 0 Å². The lowest BCUT2D eigenvalue weighted by Gasteiger charge is -2.29. The Hall–Kier alpha value is -3.53. The minimum absolute atomic E-state index is 0.0212. The minimum atomic E-state index is -4.43. The van der Waals surface area contributed by atoms with Crippen LogP contribution in [0.15, 0.2) is 41.2 Å². The molecule has 0 unspecified atom stereocenters. The molecule has 7 nitrogen and oxygen atoms in total. The Balaban J connectivity index is 1.58. The predicted molar refractivity (Wildman–Crippen MR) is 114 cm³/mol. The third-order valence-corrected chi connectivity index (χ3v) is 5.61. The van der Waals surface area contributed by atoms with Crippen LogP contribution in [0.3, 0.4) is 0 Å². The van der Waals surface area contributed by atoms with Crippen LogP contribution in [0.4, 0.5) is 13.2 Å². The van der Waals surface area contributed by atoms with Crippen LogP contribution in [0.2, 0.25) is 0 Å².